The van der Waals surface area contributed by atoms with Crippen molar-refractivity contribution in [2.24, 2.45) is 11.3 Å². The average Bonchev–Trinajstić information content (AvgIpc) is 2.33. The molecule has 1 rings (SSSR count). The van der Waals surface area contributed by atoms with Crippen LogP contribution in [0.1, 0.15) is 37.6 Å². The molecule has 0 bridgehead atoms. The average molecular weight is 264 g/mol. The number of rotatable bonds is 5. The van der Waals surface area contributed by atoms with Gasteiger partial charge in [-0.3, -0.25) is 14.6 Å². The maximum Gasteiger partial charge on any atom is 0.308 e. The summed E-state index contributed by atoms with van der Waals surface area (Å²) in [6.07, 6.45) is 3.57. The van der Waals surface area contributed by atoms with E-state index in [2.05, 4.69) is 10.3 Å². The molecular weight excluding hydrogens is 244 g/mol. The number of aliphatic carboxylic acids is 1. The smallest absolute Gasteiger partial charge is 0.308 e. The summed E-state index contributed by atoms with van der Waals surface area (Å²) in [6.45, 7) is 6.07. The van der Waals surface area contributed by atoms with E-state index < -0.39 is 11.9 Å². The van der Waals surface area contributed by atoms with Crippen LogP contribution in [0.4, 0.5) is 0 Å². The Labute approximate surface area is 113 Å². The van der Waals surface area contributed by atoms with Gasteiger partial charge in [0.05, 0.1) is 5.92 Å². The Morgan fingerprint density at radius 2 is 1.89 bits per heavy atom. The van der Waals surface area contributed by atoms with Crippen LogP contribution in [0.15, 0.2) is 24.5 Å². The molecule has 1 aromatic heterocycles. The lowest BCUT2D eigenvalue weighted by Crippen LogP contribution is -2.35. The van der Waals surface area contributed by atoms with E-state index in [0.29, 0.717) is 12.0 Å². The first-order valence-corrected chi connectivity index (χ1v) is 6.20. The molecule has 0 saturated carbocycles. The lowest BCUT2D eigenvalue weighted by Gasteiger charge is -2.23. The SMILES string of the molecule is CC(C)(C)CC(CNC(=O)c1ccncc1)C(=O)O. The Hall–Kier alpha value is -1.91. The highest BCUT2D eigenvalue weighted by atomic mass is 16.4. The summed E-state index contributed by atoms with van der Waals surface area (Å²) in [5, 5.41) is 11.8. The van der Waals surface area contributed by atoms with Crippen molar-refractivity contribution in [3.05, 3.63) is 30.1 Å². The third-order valence-electron chi connectivity index (χ3n) is 2.66. The van der Waals surface area contributed by atoms with E-state index in [9.17, 15) is 9.59 Å². The number of nitrogens with one attached hydrogen (secondary N) is 1. The number of aromatic nitrogens is 1. The molecule has 104 valence electrons. The maximum absolute atomic E-state index is 11.8. The molecular formula is C14H20N2O3. The molecule has 1 atom stereocenters. The second kappa shape index (κ2) is 6.31. The molecule has 0 aliphatic carbocycles. The van der Waals surface area contributed by atoms with Gasteiger partial charge < -0.3 is 10.4 Å². The van der Waals surface area contributed by atoms with Crippen LogP contribution in [0.5, 0.6) is 0 Å². The van der Waals surface area contributed by atoms with Crippen molar-refractivity contribution >= 4 is 11.9 Å². The third-order valence-corrected chi connectivity index (χ3v) is 2.66. The van der Waals surface area contributed by atoms with Crippen LogP contribution in [0.3, 0.4) is 0 Å². The molecule has 1 amide bonds. The van der Waals surface area contributed by atoms with E-state index in [-0.39, 0.29) is 17.9 Å². The first-order valence-electron chi connectivity index (χ1n) is 6.20. The maximum atomic E-state index is 11.8. The van der Waals surface area contributed by atoms with E-state index in [0.717, 1.165) is 0 Å². The van der Waals surface area contributed by atoms with Gasteiger partial charge in [0, 0.05) is 24.5 Å². The van der Waals surface area contributed by atoms with E-state index >= 15 is 0 Å². The Morgan fingerprint density at radius 3 is 2.37 bits per heavy atom. The zero-order chi connectivity index (χ0) is 14.5. The van der Waals surface area contributed by atoms with Crippen molar-refractivity contribution in [1.29, 1.82) is 0 Å². The Morgan fingerprint density at radius 1 is 1.32 bits per heavy atom. The standard InChI is InChI=1S/C14H20N2O3/c1-14(2,3)8-11(13(18)19)9-16-12(17)10-4-6-15-7-5-10/h4-7,11H,8-9H2,1-3H3,(H,16,17)(H,18,19). The Balaban J connectivity index is 2.58. The van der Waals surface area contributed by atoms with Gasteiger partial charge in [0.25, 0.3) is 5.91 Å². The van der Waals surface area contributed by atoms with Gasteiger partial charge in [0.2, 0.25) is 0 Å². The summed E-state index contributed by atoms with van der Waals surface area (Å²) in [5.74, 6) is -1.74. The number of carboxylic acids is 1. The number of pyridine rings is 1. The van der Waals surface area contributed by atoms with Gasteiger partial charge in [-0.05, 0) is 24.0 Å². The van der Waals surface area contributed by atoms with E-state index in [1.807, 2.05) is 20.8 Å². The van der Waals surface area contributed by atoms with E-state index in [1.165, 1.54) is 12.4 Å². The molecule has 19 heavy (non-hydrogen) atoms. The van der Waals surface area contributed by atoms with Crippen molar-refractivity contribution in [1.82, 2.24) is 10.3 Å². The van der Waals surface area contributed by atoms with Crippen molar-refractivity contribution < 1.29 is 14.7 Å². The molecule has 0 saturated heterocycles. The summed E-state index contributed by atoms with van der Waals surface area (Å²) in [5.41, 5.74) is 0.389. The zero-order valence-corrected chi connectivity index (χ0v) is 11.5. The van der Waals surface area contributed by atoms with Crippen molar-refractivity contribution in [3.8, 4) is 0 Å². The third kappa shape index (κ3) is 5.50. The highest BCUT2D eigenvalue weighted by molar-refractivity contribution is 5.94. The van der Waals surface area contributed by atoms with Gasteiger partial charge >= 0.3 is 5.97 Å². The highest BCUT2D eigenvalue weighted by Gasteiger charge is 2.25. The normalized spacial score (nSPS) is 12.8. The minimum atomic E-state index is -0.884. The molecule has 1 heterocycles. The highest BCUT2D eigenvalue weighted by Crippen LogP contribution is 2.24. The van der Waals surface area contributed by atoms with Crippen LogP contribution in [0.2, 0.25) is 0 Å². The summed E-state index contributed by atoms with van der Waals surface area (Å²) in [4.78, 5) is 26.8. The topological polar surface area (TPSA) is 79.3 Å². The van der Waals surface area contributed by atoms with Crippen LogP contribution in [0, 0.1) is 11.3 Å². The quantitative estimate of drug-likeness (QED) is 0.852. The fraction of sp³-hybridized carbons (Fsp3) is 0.500. The van der Waals surface area contributed by atoms with Crippen LogP contribution >= 0.6 is 0 Å². The number of carbonyl (C=O) groups is 2. The fourth-order valence-corrected chi connectivity index (χ4v) is 1.81. The number of hydrogen-bond acceptors (Lipinski definition) is 3. The molecule has 1 aromatic rings. The minimum absolute atomic E-state index is 0.0928. The number of carbonyl (C=O) groups excluding carboxylic acids is 1. The first kappa shape index (κ1) is 15.1. The molecule has 2 N–H and O–H groups in total. The summed E-state index contributed by atoms with van der Waals surface area (Å²) < 4.78 is 0. The van der Waals surface area contributed by atoms with Crippen LogP contribution in [-0.4, -0.2) is 28.5 Å². The molecule has 0 aliphatic heterocycles. The van der Waals surface area contributed by atoms with Crippen LogP contribution in [-0.2, 0) is 4.79 Å². The second-order valence-electron chi connectivity index (χ2n) is 5.75. The van der Waals surface area contributed by atoms with Crippen LogP contribution in [0.25, 0.3) is 0 Å². The van der Waals surface area contributed by atoms with Crippen molar-refractivity contribution in [2.45, 2.75) is 27.2 Å². The predicted octanol–water partition coefficient (Wildman–Crippen LogP) is 1.95. The summed E-state index contributed by atoms with van der Waals surface area (Å²) in [7, 11) is 0. The van der Waals surface area contributed by atoms with E-state index in [4.69, 9.17) is 5.11 Å². The van der Waals surface area contributed by atoms with Gasteiger partial charge in [-0.25, -0.2) is 0 Å². The zero-order valence-electron chi connectivity index (χ0n) is 11.5. The van der Waals surface area contributed by atoms with Gasteiger partial charge in [-0.15, -0.1) is 0 Å². The van der Waals surface area contributed by atoms with Crippen molar-refractivity contribution in [2.75, 3.05) is 6.54 Å². The lowest BCUT2D eigenvalue weighted by molar-refractivity contribution is -0.142. The Kier molecular flexibility index (Phi) is 5.03. The number of hydrogen-bond donors (Lipinski definition) is 2. The molecule has 5 heteroatoms. The second-order valence-corrected chi connectivity index (χ2v) is 5.75. The minimum Gasteiger partial charge on any atom is -0.481 e. The van der Waals surface area contributed by atoms with E-state index in [1.54, 1.807) is 12.1 Å². The molecule has 0 spiro atoms. The lowest BCUT2D eigenvalue weighted by atomic mass is 9.84. The molecule has 1 unspecified atom stereocenters. The van der Waals surface area contributed by atoms with Gasteiger partial charge in [0.1, 0.15) is 0 Å². The monoisotopic (exact) mass is 264 g/mol. The summed E-state index contributed by atoms with van der Waals surface area (Å²) >= 11 is 0. The van der Waals surface area contributed by atoms with Gasteiger partial charge in [-0.2, -0.15) is 0 Å². The molecule has 5 nitrogen and oxygen atoms in total. The number of amides is 1. The number of nitrogens with zero attached hydrogens (tertiary/aromatic N) is 1. The summed E-state index contributed by atoms with van der Waals surface area (Å²) in [6, 6.07) is 3.18. The molecule has 0 radical (unpaired) electrons. The Bertz CT molecular complexity index is 438. The molecule has 0 aromatic carbocycles. The number of carboxylic acid groups (broad SMARTS) is 1. The van der Waals surface area contributed by atoms with Gasteiger partial charge in [0.15, 0.2) is 0 Å². The van der Waals surface area contributed by atoms with Gasteiger partial charge in [-0.1, -0.05) is 20.8 Å². The largest absolute Gasteiger partial charge is 0.481 e. The predicted molar refractivity (Wildman–Crippen MR) is 71.8 cm³/mol. The van der Waals surface area contributed by atoms with Crippen LogP contribution < -0.4 is 5.32 Å². The van der Waals surface area contributed by atoms with Crippen molar-refractivity contribution in [3.63, 3.8) is 0 Å². The first-order chi connectivity index (χ1) is 8.79. The molecule has 0 fully saturated rings. The fourth-order valence-electron chi connectivity index (χ4n) is 1.81. The molecule has 0 aliphatic rings.